The third-order valence-electron chi connectivity index (χ3n) is 1.44. The summed E-state index contributed by atoms with van der Waals surface area (Å²) in [5.41, 5.74) is 0. The third kappa shape index (κ3) is 1.80. The van der Waals surface area contributed by atoms with Crippen molar-refractivity contribution >= 4 is 17.3 Å². The van der Waals surface area contributed by atoms with Gasteiger partial charge in [-0.3, -0.25) is 9.69 Å². The van der Waals surface area contributed by atoms with Gasteiger partial charge in [-0.25, -0.2) is 4.98 Å². The molecule has 1 unspecified atom stereocenters. The van der Waals surface area contributed by atoms with Gasteiger partial charge >= 0.3 is 5.97 Å². The molecule has 0 spiro atoms. The Labute approximate surface area is 74.5 Å². The van der Waals surface area contributed by atoms with Crippen LogP contribution in [0.25, 0.3) is 0 Å². The molecule has 1 atom stereocenters. The van der Waals surface area contributed by atoms with Crippen molar-refractivity contribution in [3.05, 3.63) is 16.6 Å². The van der Waals surface area contributed by atoms with E-state index in [1.54, 1.807) is 30.6 Å². The predicted molar refractivity (Wildman–Crippen MR) is 46.2 cm³/mol. The molecule has 4 nitrogen and oxygen atoms in total. The summed E-state index contributed by atoms with van der Waals surface area (Å²) in [5.74, 6) is -0.866. The minimum Gasteiger partial charge on any atom is -0.480 e. The zero-order valence-corrected chi connectivity index (χ0v) is 7.71. The summed E-state index contributed by atoms with van der Waals surface area (Å²) < 4.78 is 0. The quantitative estimate of drug-likeness (QED) is 0.759. The highest BCUT2D eigenvalue weighted by atomic mass is 32.1. The molecule has 0 saturated carbocycles. The number of aromatic nitrogens is 1. The maximum Gasteiger partial charge on any atom is 0.328 e. The number of rotatable bonds is 3. The van der Waals surface area contributed by atoms with Gasteiger partial charge in [-0.1, -0.05) is 0 Å². The molecule has 0 amide bonds. The van der Waals surface area contributed by atoms with Crippen LogP contribution in [-0.4, -0.2) is 35.1 Å². The molecule has 0 bridgehead atoms. The SMILES string of the molecule is CN(C)C(C(=O)O)c1nccs1. The monoisotopic (exact) mass is 186 g/mol. The van der Waals surface area contributed by atoms with Gasteiger partial charge in [-0.05, 0) is 14.1 Å². The molecule has 12 heavy (non-hydrogen) atoms. The number of carbonyl (C=O) groups is 1. The van der Waals surface area contributed by atoms with Gasteiger partial charge in [0, 0.05) is 11.6 Å². The molecule has 66 valence electrons. The molecule has 0 radical (unpaired) electrons. The Morgan fingerprint density at radius 1 is 1.75 bits per heavy atom. The fourth-order valence-electron chi connectivity index (χ4n) is 0.917. The van der Waals surface area contributed by atoms with Gasteiger partial charge in [0.25, 0.3) is 0 Å². The number of thiazole rings is 1. The number of carboxylic acids is 1. The molecule has 1 heterocycles. The zero-order chi connectivity index (χ0) is 9.14. The molecule has 0 aliphatic heterocycles. The normalized spacial score (nSPS) is 13.2. The van der Waals surface area contributed by atoms with E-state index < -0.39 is 12.0 Å². The molecule has 5 heteroatoms. The maximum atomic E-state index is 10.8. The van der Waals surface area contributed by atoms with Crippen LogP contribution in [0.5, 0.6) is 0 Å². The number of nitrogens with zero attached hydrogens (tertiary/aromatic N) is 2. The van der Waals surface area contributed by atoms with Crippen molar-refractivity contribution < 1.29 is 9.90 Å². The molecule has 0 fully saturated rings. The molecular formula is C7H10N2O2S. The highest BCUT2D eigenvalue weighted by molar-refractivity contribution is 7.09. The lowest BCUT2D eigenvalue weighted by molar-refractivity contribution is -0.142. The average Bonchev–Trinajstić information content (AvgIpc) is 2.37. The first kappa shape index (κ1) is 9.15. The van der Waals surface area contributed by atoms with Crippen molar-refractivity contribution in [1.29, 1.82) is 0 Å². The van der Waals surface area contributed by atoms with Crippen molar-refractivity contribution in [2.24, 2.45) is 0 Å². The van der Waals surface area contributed by atoms with Crippen LogP contribution >= 0.6 is 11.3 Å². The van der Waals surface area contributed by atoms with E-state index in [-0.39, 0.29) is 0 Å². The molecule has 1 aromatic heterocycles. The Morgan fingerprint density at radius 3 is 2.75 bits per heavy atom. The predicted octanol–water partition coefficient (Wildman–Crippen LogP) is 0.830. The van der Waals surface area contributed by atoms with E-state index in [0.717, 1.165) is 0 Å². The van der Waals surface area contributed by atoms with E-state index in [9.17, 15) is 4.79 Å². The Hall–Kier alpha value is -0.940. The lowest BCUT2D eigenvalue weighted by atomic mass is 10.3. The van der Waals surface area contributed by atoms with Crippen LogP contribution in [-0.2, 0) is 4.79 Å². The van der Waals surface area contributed by atoms with Crippen LogP contribution in [0.15, 0.2) is 11.6 Å². The Bertz CT molecular complexity index is 258. The fourth-order valence-corrected chi connectivity index (χ4v) is 1.74. The van der Waals surface area contributed by atoms with Crippen LogP contribution in [0.3, 0.4) is 0 Å². The summed E-state index contributed by atoms with van der Waals surface area (Å²) in [5, 5.41) is 11.2. The Morgan fingerprint density at radius 2 is 2.42 bits per heavy atom. The largest absolute Gasteiger partial charge is 0.480 e. The fraction of sp³-hybridized carbons (Fsp3) is 0.429. The molecule has 1 aromatic rings. The summed E-state index contributed by atoms with van der Waals surface area (Å²) in [4.78, 5) is 16.3. The minimum atomic E-state index is -0.866. The van der Waals surface area contributed by atoms with Gasteiger partial charge < -0.3 is 5.11 Å². The van der Waals surface area contributed by atoms with Gasteiger partial charge in [0.15, 0.2) is 6.04 Å². The van der Waals surface area contributed by atoms with Gasteiger partial charge in [0.2, 0.25) is 0 Å². The van der Waals surface area contributed by atoms with E-state index in [0.29, 0.717) is 5.01 Å². The number of hydrogen-bond acceptors (Lipinski definition) is 4. The first-order chi connectivity index (χ1) is 5.63. The van der Waals surface area contributed by atoms with Gasteiger partial charge in [-0.15, -0.1) is 11.3 Å². The van der Waals surface area contributed by atoms with Gasteiger partial charge in [0.05, 0.1) is 0 Å². The molecule has 0 aliphatic rings. The van der Waals surface area contributed by atoms with Crippen LogP contribution in [0.2, 0.25) is 0 Å². The Balaban J connectivity index is 2.88. The number of carboxylic acid groups (broad SMARTS) is 1. The van der Waals surface area contributed by atoms with Crippen LogP contribution in [0, 0.1) is 0 Å². The van der Waals surface area contributed by atoms with Gasteiger partial charge in [0.1, 0.15) is 5.01 Å². The number of likely N-dealkylation sites (N-methyl/N-ethyl adjacent to an activating group) is 1. The Kier molecular flexibility index (Phi) is 2.78. The minimum absolute atomic E-state index is 0.618. The van der Waals surface area contributed by atoms with Crippen molar-refractivity contribution in [3.8, 4) is 0 Å². The maximum absolute atomic E-state index is 10.8. The van der Waals surface area contributed by atoms with Crippen molar-refractivity contribution in [3.63, 3.8) is 0 Å². The van der Waals surface area contributed by atoms with E-state index >= 15 is 0 Å². The molecular weight excluding hydrogens is 176 g/mol. The standard InChI is InChI=1S/C7H10N2O2S/c1-9(2)5(7(10)11)6-8-3-4-12-6/h3-5H,1-2H3,(H,10,11). The van der Waals surface area contributed by atoms with Crippen molar-refractivity contribution in [1.82, 2.24) is 9.88 Å². The van der Waals surface area contributed by atoms with Crippen molar-refractivity contribution in [2.75, 3.05) is 14.1 Å². The zero-order valence-electron chi connectivity index (χ0n) is 6.89. The van der Waals surface area contributed by atoms with Crippen LogP contribution < -0.4 is 0 Å². The second kappa shape index (κ2) is 3.64. The molecule has 0 aromatic carbocycles. The van der Waals surface area contributed by atoms with E-state index in [1.165, 1.54) is 11.3 Å². The molecule has 1 rings (SSSR count). The first-order valence-corrected chi connectivity index (χ1v) is 4.29. The highest BCUT2D eigenvalue weighted by Gasteiger charge is 2.24. The summed E-state index contributed by atoms with van der Waals surface area (Å²) in [7, 11) is 3.44. The number of aliphatic carboxylic acids is 1. The third-order valence-corrected chi connectivity index (χ3v) is 2.26. The average molecular weight is 186 g/mol. The lowest BCUT2D eigenvalue weighted by Crippen LogP contribution is -2.27. The van der Waals surface area contributed by atoms with E-state index in [1.807, 2.05) is 0 Å². The topological polar surface area (TPSA) is 53.4 Å². The summed E-state index contributed by atoms with van der Waals surface area (Å²) >= 11 is 1.35. The lowest BCUT2D eigenvalue weighted by Gasteiger charge is -2.16. The molecule has 1 N–H and O–H groups in total. The number of hydrogen-bond donors (Lipinski definition) is 1. The van der Waals surface area contributed by atoms with E-state index in [2.05, 4.69) is 4.98 Å². The molecule has 0 saturated heterocycles. The van der Waals surface area contributed by atoms with Crippen LogP contribution in [0.4, 0.5) is 0 Å². The van der Waals surface area contributed by atoms with Crippen LogP contribution in [0.1, 0.15) is 11.0 Å². The summed E-state index contributed by atoms with van der Waals surface area (Å²) in [6, 6.07) is -0.620. The highest BCUT2D eigenvalue weighted by Crippen LogP contribution is 2.19. The second-order valence-corrected chi connectivity index (χ2v) is 3.50. The second-order valence-electron chi connectivity index (χ2n) is 2.57. The summed E-state index contributed by atoms with van der Waals surface area (Å²) in [6.45, 7) is 0. The first-order valence-electron chi connectivity index (χ1n) is 3.41. The van der Waals surface area contributed by atoms with Gasteiger partial charge in [-0.2, -0.15) is 0 Å². The summed E-state index contributed by atoms with van der Waals surface area (Å²) in [6.07, 6.45) is 1.61. The van der Waals surface area contributed by atoms with Crippen molar-refractivity contribution in [2.45, 2.75) is 6.04 Å². The molecule has 0 aliphatic carbocycles. The smallest absolute Gasteiger partial charge is 0.328 e. The van der Waals surface area contributed by atoms with E-state index in [4.69, 9.17) is 5.11 Å².